The highest BCUT2D eigenvalue weighted by Crippen LogP contribution is 1.96. The van der Waals surface area contributed by atoms with Crippen LogP contribution in [0, 0.1) is 0 Å². The quantitative estimate of drug-likeness (QED) is 0.614. The number of carbonyl (C=O) groups is 2. The third-order valence-electron chi connectivity index (χ3n) is 2.12. The molecule has 3 unspecified atom stereocenters. The van der Waals surface area contributed by atoms with E-state index in [2.05, 4.69) is 10.6 Å². The highest BCUT2D eigenvalue weighted by molar-refractivity contribution is 7.84. The van der Waals surface area contributed by atoms with Crippen LogP contribution < -0.4 is 10.6 Å². The van der Waals surface area contributed by atoms with Gasteiger partial charge in [-0.2, -0.15) is 0 Å². The summed E-state index contributed by atoms with van der Waals surface area (Å²) in [6.07, 6.45) is 2.20. The first-order valence-electron chi connectivity index (χ1n) is 4.94. The second-order valence-electron chi connectivity index (χ2n) is 3.56. The summed E-state index contributed by atoms with van der Waals surface area (Å²) >= 11 is 0. The smallest absolute Gasteiger partial charge is 0.325 e. The molecule has 0 saturated carbocycles. The van der Waals surface area contributed by atoms with Gasteiger partial charge in [-0.3, -0.25) is 9.00 Å². The lowest BCUT2D eigenvalue weighted by Crippen LogP contribution is -2.44. The van der Waals surface area contributed by atoms with Crippen molar-refractivity contribution in [1.29, 1.82) is 0 Å². The molecule has 0 aliphatic heterocycles. The minimum Gasteiger partial charge on any atom is -0.480 e. The summed E-state index contributed by atoms with van der Waals surface area (Å²) in [5, 5.41) is 13.3. The predicted molar refractivity (Wildman–Crippen MR) is 61.8 cm³/mol. The van der Waals surface area contributed by atoms with E-state index in [9.17, 15) is 13.8 Å². The van der Waals surface area contributed by atoms with Gasteiger partial charge in [-0.25, -0.2) is 4.79 Å². The van der Waals surface area contributed by atoms with Crippen molar-refractivity contribution in [2.24, 2.45) is 0 Å². The number of aliphatic carboxylic acids is 1. The van der Waals surface area contributed by atoms with Crippen LogP contribution in [0.3, 0.4) is 0 Å². The molecule has 2 amide bonds. The first-order valence-corrected chi connectivity index (χ1v) is 6.56. The van der Waals surface area contributed by atoms with Crippen molar-refractivity contribution in [2.75, 3.05) is 12.8 Å². The number of carboxylic acid groups (broad SMARTS) is 1. The molecule has 0 radical (unpaired) electrons. The van der Waals surface area contributed by atoms with E-state index in [0.29, 0.717) is 13.0 Å². The summed E-state index contributed by atoms with van der Waals surface area (Å²) in [6, 6.07) is -1.44. The van der Waals surface area contributed by atoms with Crippen LogP contribution in [0.2, 0.25) is 0 Å². The molecule has 0 heterocycles. The van der Waals surface area contributed by atoms with E-state index < -0.39 is 28.8 Å². The van der Waals surface area contributed by atoms with Gasteiger partial charge in [0.1, 0.15) is 6.04 Å². The summed E-state index contributed by atoms with van der Waals surface area (Å²) in [5.74, 6) is -1.09. The molecule has 0 bridgehead atoms. The molecule has 0 aliphatic carbocycles. The van der Waals surface area contributed by atoms with Gasteiger partial charge in [-0.05, 0) is 13.3 Å². The predicted octanol–water partition coefficient (Wildman–Crippen LogP) is -0.0842. The van der Waals surface area contributed by atoms with Crippen molar-refractivity contribution >= 4 is 22.8 Å². The van der Waals surface area contributed by atoms with Crippen LogP contribution in [0.25, 0.3) is 0 Å². The zero-order valence-electron chi connectivity index (χ0n) is 9.65. The van der Waals surface area contributed by atoms with E-state index in [1.165, 1.54) is 6.92 Å². The number of nitrogens with one attached hydrogen (secondary N) is 2. The largest absolute Gasteiger partial charge is 0.480 e. The Hall–Kier alpha value is -1.11. The Labute approximate surface area is 97.3 Å². The third-order valence-corrected chi connectivity index (χ3v) is 3.49. The van der Waals surface area contributed by atoms with Gasteiger partial charge in [0.15, 0.2) is 0 Å². The zero-order chi connectivity index (χ0) is 12.7. The molecule has 6 nitrogen and oxygen atoms in total. The number of rotatable bonds is 6. The minimum absolute atomic E-state index is 0.0113. The van der Waals surface area contributed by atoms with Crippen molar-refractivity contribution in [3.63, 3.8) is 0 Å². The SMILES string of the molecule is CC(NC(=O)NCCC(C)S(C)=O)C(=O)O. The number of amides is 2. The number of hydrogen-bond donors (Lipinski definition) is 3. The van der Waals surface area contributed by atoms with Crippen LogP contribution in [0.15, 0.2) is 0 Å². The highest BCUT2D eigenvalue weighted by atomic mass is 32.2. The Kier molecular flexibility index (Phi) is 6.71. The van der Waals surface area contributed by atoms with Crippen molar-refractivity contribution < 1.29 is 18.9 Å². The van der Waals surface area contributed by atoms with Gasteiger partial charge in [-0.1, -0.05) is 6.92 Å². The third kappa shape index (κ3) is 6.39. The maximum Gasteiger partial charge on any atom is 0.325 e. The Morgan fingerprint density at radius 3 is 2.38 bits per heavy atom. The molecule has 7 heteroatoms. The van der Waals surface area contributed by atoms with Crippen molar-refractivity contribution in [2.45, 2.75) is 31.6 Å². The van der Waals surface area contributed by atoms with Gasteiger partial charge in [0.2, 0.25) is 0 Å². The molecule has 0 fully saturated rings. The normalized spacial score (nSPS) is 15.9. The van der Waals surface area contributed by atoms with E-state index in [0.717, 1.165) is 0 Å². The van der Waals surface area contributed by atoms with Crippen LogP contribution in [0.5, 0.6) is 0 Å². The lowest BCUT2D eigenvalue weighted by atomic mass is 10.3. The molecular weight excluding hydrogens is 232 g/mol. The van der Waals surface area contributed by atoms with Crippen molar-refractivity contribution in [3.8, 4) is 0 Å². The molecule has 0 aromatic rings. The Bertz CT molecular complexity index is 283. The maximum atomic E-state index is 11.1. The number of urea groups is 1. The molecule has 0 aliphatic rings. The lowest BCUT2D eigenvalue weighted by molar-refractivity contribution is -0.138. The van der Waals surface area contributed by atoms with Crippen molar-refractivity contribution in [3.05, 3.63) is 0 Å². The summed E-state index contributed by atoms with van der Waals surface area (Å²) < 4.78 is 11.0. The first kappa shape index (κ1) is 14.9. The molecule has 3 atom stereocenters. The molecule has 0 rings (SSSR count). The molecule has 0 spiro atoms. The molecular formula is C9H18N2O4S. The molecule has 0 saturated heterocycles. The molecule has 0 aromatic heterocycles. The standard InChI is InChI=1S/C9H18N2O4S/c1-6(16(3)15)4-5-10-9(14)11-7(2)8(12)13/h6-7H,4-5H2,1-3H3,(H,12,13)(H2,10,11,14). The molecule has 0 aromatic carbocycles. The van der Waals surface area contributed by atoms with Crippen LogP contribution in [0.1, 0.15) is 20.3 Å². The second kappa shape index (κ2) is 7.21. The number of carboxylic acids is 1. The summed E-state index contributed by atoms with van der Waals surface area (Å²) in [5.41, 5.74) is 0. The highest BCUT2D eigenvalue weighted by Gasteiger charge is 2.13. The van der Waals surface area contributed by atoms with Crippen LogP contribution >= 0.6 is 0 Å². The fourth-order valence-electron chi connectivity index (χ4n) is 0.864. The van der Waals surface area contributed by atoms with Gasteiger partial charge in [0.05, 0.1) is 0 Å². The first-order chi connectivity index (χ1) is 7.34. The van der Waals surface area contributed by atoms with Gasteiger partial charge in [-0.15, -0.1) is 0 Å². The fraction of sp³-hybridized carbons (Fsp3) is 0.778. The van der Waals surface area contributed by atoms with E-state index in [1.807, 2.05) is 6.92 Å². The fourth-order valence-corrected chi connectivity index (χ4v) is 1.31. The number of carbonyl (C=O) groups excluding carboxylic acids is 1. The number of hydrogen-bond acceptors (Lipinski definition) is 3. The van der Waals surface area contributed by atoms with Gasteiger partial charge in [0.25, 0.3) is 0 Å². The zero-order valence-corrected chi connectivity index (χ0v) is 10.5. The second-order valence-corrected chi connectivity index (χ2v) is 5.36. The van der Waals surface area contributed by atoms with Gasteiger partial charge < -0.3 is 15.7 Å². The Morgan fingerprint density at radius 1 is 1.38 bits per heavy atom. The average molecular weight is 250 g/mol. The Balaban J connectivity index is 3.74. The van der Waals surface area contributed by atoms with Crippen molar-refractivity contribution in [1.82, 2.24) is 10.6 Å². The topological polar surface area (TPSA) is 95.5 Å². The van der Waals surface area contributed by atoms with E-state index in [1.54, 1.807) is 6.26 Å². The van der Waals surface area contributed by atoms with Crippen LogP contribution in [-0.4, -0.2) is 45.4 Å². The Morgan fingerprint density at radius 2 is 1.94 bits per heavy atom. The van der Waals surface area contributed by atoms with Gasteiger partial charge in [0, 0.05) is 28.9 Å². The molecule has 16 heavy (non-hydrogen) atoms. The monoisotopic (exact) mass is 250 g/mol. The average Bonchev–Trinajstić information content (AvgIpc) is 2.16. The van der Waals surface area contributed by atoms with Gasteiger partial charge >= 0.3 is 12.0 Å². The van der Waals surface area contributed by atoms with Crippen LogP contribution in [0.4, 0.5) is 4.79 Å². The van der Waals surface area contributed by atoms with E-state index in [4.69, 9.17) is 5.11 Å². The summed E-state index contributed by atoms with van der Waals surface area (Å²) in [6.45, 7) is 3.58. The minimum atomic E-state index is -1.09. The lowest BCUT2D eigenvalue weighted by Gasteiger charge is -2.12. The summed E-state index contributed by atoms with van der Waals surface area (Å²) in [7, 11) is -0.909. The summed E-state index contributed by atoms with van der Waals surface area (Å²) in [4.78, 5) is 21.6. The molecule has 3 N–H and O–H groups in total. The van der Waals surface area contributed by atoms with E-state index in [-0.39, 0.29) is 5.25 Å². The molecule has 94 valence electrons. The maximum absolute atomic E-state index is 11.1. The van der Waals surface area contributed by atoms with E-state index >= 15 is 0 Å². The van der Waals surface area contributed by atoms with Crippen LogP contribution in [-0.2, 0) is 15.6 Å².